The van der Waals surface area contributed by atoms with Gasteiger partial charge in [-0.25, -0.2) is 4.98 Å². The van der Waals surface area contributed by atoms with Crippen LogP contribution in [0, 0.1) is 0 Å². The molecule has 124 valence electrons. The van der Waals surface area contributed by atoms with Crippen molar-refractivity contribution in [2.24, 2.45) is 0 Å². The zero-order valence-corrected chi connectivity index (χ0v) is 14.5. The number of nitrogens with one attached hydrogen (secondary N) is 1. The second kappa shape index (κ2) is 7.89. The number of aryl methyl sites for hydroxylation is 1. The molecule has 9 heteroatoms. The summed E-state index contributed by atoms with van der Waals surface area (Å²) >= 11 is 2.80. The first-order valence-corrected chi connectivity index (χ1v) is 9.48. The van der Waals surface area contributed by atoms with E-state index in [1.807, 2.05) is 5.38 Å². The van der Waals surface area contributed by atoms with Crippen LogP contribution in [0.15, 0.2) is 16.7 Å². The summed E-state index contributed by atoms with van der Waals surface area (Å²) in [7, 11) is 0. The molecule has 1 aliphatic rings. The van der Waals surface area contributed by atoms with Crippen molar-refractivity contribution in [3.05, 3.63) is 17.4 Å². The van der Waals surface area contributed by atoms with Gasteiger partial charge in [0.2, 0.25) is 5.91 Å². The second-order valence-corrected chi connectivity index (χ2v) is 7.01. The van der Waals surface area contributed by atoms with Crippen LogP contribution in [0.25, 0.3) is 0 Å². The lowest BCUT2D eigenvalue weighted by Gasteiger charge is -2.14. The van der Waals surface area contributed by atoms with Crippen LogP contribution in [-0.2, 0) is 22.5 Å². The fraction of sp³-hybridized carbons (Fsp3) is 0.571. The van der Waals surface area contributed by atoms with Gasteiger partial charge in [0.25, 0.3) is 0 Å². The van der Waals surface area contributed by atoms with Crippen LogP contribution in [0.2, 0.25) is 0 Å². The molecule has 0 aliphatic carbocycles. The summed E-state index contributed by atoms with van der Waals surface area (Å²) in [6, 6.07) is 0. The predicted molar refractivity (Wildman–Crippen MR) is 89.8 cm³/mol. The second-order valence-electron chi connectivity index (χ2n) is 5.17. The molecule has 0 bridgehead atoms. The fourth-order valence-corrected chi connectivity index (χ4v) is 3.75. The number of anilines is 1. The Kier molecular flexibility index (Phi) is 5.63. The minimum Gasteiger partial charge on any atom is -0.376 e. The minimum atomic E-state index is -0.0883. The van der Waals surface area contributed by atoms with Gasteiger partial charge in [-0.1, -0.05) is 18.7 Å². The van der Waals surface area contributed by atoms with Crippen molar-refractivity contribution in [3.8, 4) is 0 Å². The standard InChI is InChI=1S/C14H19N5O2S2/c1-2-11-17-18-14(19(11)8-10-4-3-6-21-10)23-9-12(20)16-13-15-5-7-22-13/h5,7,10H,2-4,6,8-9H2,1H3,(H,15,16,20). The third kappa shape index (κ3) is 4.30. The van der Waals surface area contributed by atoms with Crippen LogP contribution in [0.5, 0.6) is 0 Å². The Morgan fingerprint density at radius 2 is 2.48 bits per heavy atom. The first-order chi connectivity index (χ1) is 11.3. The first kappa shape index (κ1) is 16.4. The molecule has 23 heavy (non-hydrogen) atoms. The van der Waals surface area contributed by atoms with Crippen LogP contribution in [0.3, 0.4) is 0 Å². The van der Waals surface area contributed by atoms with Gasteiger partial charge in [0, 0.05) is 24.6 Å². The molecule has 3 heterocycles. The molecule has 1 atom stereocenters. The number of ether oxygens (including phenoxy) is 1. The van der Waals surface area contributed by atoms with Crippen molar-refractivity contribution in [2.45, 2.75) is 44.0 Å². The van der Waals surface area contributed by atoms with Crippen LogP contribution in [-0.4, -0.2) is 44.1 Å². The molecular weight excluding hydrogens is 334 g/mol. The molecule has 0 spiro atoms. The maximum absolute atomic E-state index is 12.0. The lowest BCUT2D eigenvalue weighted by Crippen LogP contribution is -2.18. The smallest absolute Gasteiger partial charge is 0.236 e. The molecule has 1 unspecified atom stereocenters. The van der Waals surface area contributed by atoms with Gasteiger partial charge in [-0.2, -0.15) is 0 Å². The van der Waals surface area contributed by atoms with E-state index < -0.39 is 0 Å². The number of rotatable bonds is 7. The lowest BCUT2D eigenvalue weighted by molar-refractivity contribution is -0.113. The number of hydrogen-bond donors (Lipinski definition) is 1. The summed E-state index contributed by atoms with van der Waals surface area (Å²) in [5.74, 6) is 1.13. The van der Waals surface area contributed by atoms with Gasteiger partial charge in [-0.15, -0.1) is 21.5 Å². The SMILES string of the molecule is CCc1nnc(SCC(=O)Nc2nccs2)n1CC1CCCO1. The average molecular weight is 353 g/mol. The monoisotopic (exact) mass is 353 g/mol. The largest absolute Gasteiger partial charge is 0.376 e. The summed E-state index contributed by atoms with van der Waals surface area (Å²) in [4.78, 5) is 16.0. The van der Waals surface area contributed by atoms with Gasteiger partial charge in [0.15, 0.2) is 10.3 Å². The Morgan fingerprint density at radius 1 is 1.57 bits per heavy atom. The molecule has 1 N–H and O–H groups in total. The Hall–Kier alpha value is -1.45. The molecule has 1 fully saturated rings. The Labute approximate surface area is 142 Å². The summed E-state index contributed by atoms with van der Waals surface area (Å²) < 4.78 is 7.79. The van der Waals surface area contributed by atoms with Gasteiger partial charge in [-0.05, 0) is 12.8 Å². The summed E-state index contributed by atoms with van der Waals surface area (Å²) in [5.41, 5.74) is 0. The highest BCUT2D eigenvalue weighted by atomic mass is 32.2. The van der Waals surface area contributed by atoms with Gasteiger partial charge in [0.1, 0.15) is 5.82 Å². The number of carbonyl (C=O) groups excluding carboxylic acids is 1. The van der Waals surface area contributed by atoms with E-state index in [0.29, 0.717) is 5.13 Å². The Bertz CT molecular complexity index is 638. The Morgan fingerprint density at radius 3 is 3.17 bits per heavy atom. The van der Waals surface area contributed by atoms with E-state index in [2.05, 4.69) is 32.0 Å². The van der Waals surface area contributed by atoms with E-state index in [9.17, 15) is 4.79 Å². The molecular formula is C14H19N5O2S2. The maximum atomic E-state index is 12.0. The molecule has 0 radical (unpaired) electrons. The molecule has 3 rings (SSSR count). The number of amides is 1. The molecule has 2 aromatic rings. The third-order valence-corrected chi connectivity index (χ3v) is 5.19. The third-order valence-electron chi connectivity index (χ3n) is 3.53. The Balaban J connectivity index is 1.60. The van der Waals surface area contributed by atoms with Crippen molar-refractivity contribution in [1.29, 1.82) is 0 Å². The van der Waals surface area contributed by atoms with Crippen molar-refractivity contribution < 1.29 is 9.53 Å². The zero-order valence-electron chi connectivity index (χ0n) is 12.9. The molecule has 7 nitrogen and oxygen atoms in total. The van der Waals surface area contributed by atoms with E-state index in [4.69, 9.17) is 4.74 Å². The number of thiazole rings is 1. The number of nitrogens with zero attached hydrogens (tertiary/aromatic N) is 4. The highest BCUT2D eigenvalue weighted by Crippen LogP contribution is 2.22. The molecule has 0 aromatic carbocycles. The molecule has 1 saturated heterocycles. The van der Waals surface area contributed by atoms with Crippen LogP contribution >= 0.6 is 23.1 Å². The van der Waals surface area contributed by atoms with Crippen LogP contribution < -0.4 is 5.32 Å². The molecule has 0 saturated carbocycles. The summed E-state index contributed by atoms with van der Waals surface area (Å²) in [5, 5.41) is 14.4. The van der Waals surface area contributed by atoms with Crippen LogP contribution in [0.1, 0.15) is 25.6 Å². The molecule has 1 amide bonds. The van der Waals surface area contributed by atoms with Crippen molar-refractivity contribution in [3.63, 3.8) is 0 Å². The van der Waals surface area contributed by atoms with Gasteiger partial charge in [-0.3, -0.25) is 4.79 Å². The van der Waals surface area contributed by atoms with Crippen molar-refractivity contribution in [1.82, 2.24) is 19.7 Å². The number of hydrogen-bond acceptors (Lipinski definition) is 7. The maximum Gasteiger partial charge on any atom is 0.236 e. The topological polar surface area (TPSA) is 81.9 Å². The predicted octanol–water partition coefficient (Wildman–Crippen LogP) is 2.21. The van der Waals surface area contributed by atoms with Crippen molar-refractivity contribution in [2.75, 3.05) is 17.7 Å². The number of carbonyl (C=O) groups is 1. The molecule has 1 aliphatic heterocycles. The first-order valence-electron chi connectivity index (χ1n) is 7.62. The zero-order chi connectivity index (χ0) is 16.1. The van der Waals surface area contributed by atoms with Crippen LogP contribution in [0.4, 0.5) is 5.13 Å². The van der Waals surface area contributed by atoms with Gasteiger partial charge in [0.05, 0.1) is 18.4 Å². The number of aromatic nitrogens is 4. The van der Waals surface area contributed by atoms with E-state index in [1.54, 1.807) is 6.20 Å². The van der Waals surface area contributed by atoms with E-state index >= 15 is 0 Å². The summed E-state index contributed by atoms with van der Waals surface area (Å²) in [6.07, 6.45) is 4.87. The quantitative estimate of drug-likeness (QED) is 0.769. The average Bonchev–Trinajstić information content (AvgIpc) is 3.28. The van der Waals surface area contributed by atoms with Crippen molar-refractivity contribution >= 4 is 34.1 Å². The van der Waals surface area contributed by atoms with E-state index in [-0.39, 0.29) is 17.8 Å². The van der Waals surface area contributed by atoms with E-state index in [1.165, 1.54) is 23.1 Å². The highest BCUT2D eigenvalue weighted by molar-refractivity contribution is 7.99. The van der Waals surface area contributed by atoms with Gasteiger partial charge < -0.3 is 14.6 Å². The normalized spacial score (nSPS) is 17.5. The van der Waals surface area contributed by atoms with E-state index in [0.717, 1.165) is 43.4 Å². The van der Waals surface area contributed by atoms with Gasteiger partial charge >= 0.3 is 0 Å². The lowest BCUT2D eigenvalue weighted by atomic mass is 10.2. The molecule has 2 aromatic heterocycles. The minimum absolute atomic E-state index is 0.0883. The summed E-state index contributed by atoms with van der Waals surface area (Å²) in [6.45, 7) is 3.64. The number of thioether (sulfide) groups is 1. The fourth-order valence-electron chi connectivity index (χ4n) is 2.43. The highest BCUT2D eigenvalue weighted by Gasteiger charge is 2.21.